The average Bonchev–Trinajstić information content (AvgIpc) is 3.15. The number of amides is 1. The van der Waals surface area contributed by atoms with Crippen LogP contribution in [-0.4, -0.2) is 36.2 Å². The summed E-state index contributed by atoms with van der Waals surface area (Å²) in [6.07, 6.45) is 0.721. The summed E-state index contributed by atoms with van der Waals surface area (Å²) in [6, 6.07) is 17.0. The topological polar surface area (TPSA) is 61.4 Å². The van der Waals surface area contributed by atoms with Crippen LogP contribution in [-0.2, 0) is 0 Å². The number of halogens is 2. The largest absolute Gasteiger partial charge is 0.395 e. The number of aliphatic hydroxyl groups is 1. The molecular formula is C22H20Cl2N2O2. The normalized spacial score (nSPS) is 19.1. The van der Waals surface area contributed by atoms with E-state index >= 15 is 0 Å². The van der Waals surface area contributed by atoms with E-state index in [2.05, 4.69) is 10.6 Å². The second-order valence-corrected chi connectivity index (χ2v) is 7.87. The number of nitrogens with one attached hydrogen (secondary N) is 2. The van der Waals surface area contributed by atoms with Crippen LogP contribution in [0.3, 0.4) is 0 Å². The van der Waals surface area contributed by atoms with E-state index in [1.165, 1.54) is 0 Å². The smallest absolute Gasteiger partial charge is 0.252 e. The third kappa shape index (κ3) is 3.74. The van der Waals surface area contributed by atoms with E-state index in [1.54, 1.807) is 6.07 Å². The van der Waals surface area contributed by atoms with Gasteiger partial charge in [0, 0.05) is 39.8 Å². The minimum Gasteiger partial charge on any atom is -0.395 e. The van der Waals surface area contributed by atoms with Gasteiger partial charge in [-0.3, -0.25) is 4.79 Å². The Labute approximate surface area is 173 Å². The second-order valence-electron chi connectivity index (χ2n) is 7.02. The molecular weight excluding hydrogens is 395 g/mol. The molecule has 0 unspecified atom stereocenters. The van der Waals surface area contributed by atoms with Gasteiger partial charge in [-0.1, -0.05) is 59.6 Å². The molecule has 4 nitrogen and oxygen atoms in total. The van der Waals surface area contributed by atoms with Gasteiger partial charge >= 0.3 is 0 Å². The van der Waals surface area contributed by atoms with Crippen LogP contribution in [0.4, 0.5) is 0 Å². The number of carbonyl (C=O) groups excluding carboxylic acids is 1. The molecule has 0 bridgehead atoms. The van der Waals surface area contributed by atoms with E-state index in [-0.39, 0.29) is 24.6 Å². The Kier molecular flexibility index (Phi) is 5.56. The summed E-state index contributed by atoms with van der Waals surface area (Å²) in [5, 5.41) is 18.5. The van der Waals surface area contributed by atoms with Crippen LogP contribution < -0.4 is 10.6 Å². The lowest BCUT2D eigenvalue weighted by Gasteiger charge is -2.15. The molecule has 1 aliphatic rings. The van der Waals surface area contributed by atoms with Gasteiger partial charge in [-0.25, -0.2) is 0 Å². The maximum absolute atomic E-state index is 12.9. The zero-order valence-corrected chi connectivity index (χ0v) is 16.6. The summed E-state index contributed by atoms with van der Waals surface area (Å²) in [4.78, 5) is 12.9. The molecule has 28 heavy (non-hydrogen) atoms. The molecule has 0 radical (unpaired) electrons. The molecule has 0 saturated carbocycles. The third-order valence-corrected chi connectivity index (χ3v) is 5.72. The van der Waals surface area contributed by atoms with Crippen molar-refractivity contribution in [1.82, 2.24) is 10.6 Å². The fourth-order valence-electron chi connectivity index (χ4n) is 3.77. The van der Waals surface area contributed by atoms with Crippen molar-refractivity contribution in [2.24, 2.45) is 0 Å². The third-order valence-electron chi connectivity index (χ3n) is 5.17. The first-order valence-corrected chi connectivity index (χ1v) is 9.94. The standard InChI is InChI=1S/C22H20Cl2N2O2/c23-13-5-6-19(21(24)9-13)18-7-8-20(17-4-2-1-3-16(17)18)22(28)26-14-10-15(12-27)25-11-14/h1-9,14-15,25,27H,10-12H2,(H,26,28)/t14-,15+/m1/s1. The molecule has 1 heterocycles. The predicted octanol–water partition coefficient (Wildman–Crippen LogP) is 4.27. The number of hydrogen-bond acceptors (Lipinski definition) is 3. The Bertz CT molecular complexity index is 1040. The van der Waals surface area contributed by atoms with Crippen LogP contribution in [0, 0.1) is 0 Å². The molecule has 3 N–H and O–H groups in total. The number of fused-ring (bicyclic) bond motifs is 1. The number of benzene rings is 3. The molecule has 2 atom stereocenters. The van der Waals surface area contributed by atoms with Crippen LogP contribution >= 0.6 is 23.2 Å². The zero-order chi connectivity index (χ0) is 19.7. The van der Waals surface area contributed by atoms with E-state index < -0.39 is 0 Å². The van der Waals surface area contributed by atoms with E-state index in [0.717, 1.165) is 28.3 Å². The molecule has 4 rings (SSSR count). The molecule has 1 saturated heterocycles. The molecule has 1 fully saturated rings. The van der Waals surface area contributed by atoms with Gasteiger partial charge < -0.3 is 15.7 Å². The first-order chi connectivity index (χ1) is 13.6. The average molecular weight is 415 g/mol. The van der Waals surface area contributed by atoms with Gasteiger partial charge in [0.1, 0.15) is 0 Å². The Morgan fingerprint density at radius 3 is 2.54 bits per heavy atom. The Balaban J connectivity index is 1.71. The van der Waals surface area contributed by atoms with Gasteiger partial charge in [-0.05, 0) is 41.0 Å². The first-order valence-electron chi connectivity index (χ1n) is 9.19. The quantitative estimate of drug-likeness (QED) is 0.597. The van der Waals surface area contributed by atoms with Crippen LogP contribution in [0.25, 0.3) is 21.9 Å². The molecule has 0 spiro atoms. The van der Waals surface area contributed by atoms with Gasteiger partial charge in [0.25, 0.3) is 5.91 Å². The van der Waals surface area contributed by atoms with Crippen molar-refractivity contribution in [3.63, 3.8) is 0 Å². The van der Waals surface area contributed by atoms with Crippen LogP contribution in [0.5, 0.6) is 0 Å². The van der Waals surface area contributed by atoms with Crippen LogP contribution in [0.2, 0.25) is 10.0 Å². The van der Waals surface area contributed by atoms with Gasteiger partial charge in [0.15, 0.2) is 0 Å². The number of rotatable bonds is 4. The van der Waals surface area contributed by atoms with Crippen molar-refractivity contribution in [2.45, 2.75) is 18.5 Å². The van der Waals surface area contributed by atoms with Crippen molar-refractivity contribution < 1.29 is 9.90 Å². The number of hydrogen-bond donors (Lipinski definition) is 3. The lowest BCUT2D eigenvalue weighted by Crippen LogP contribution is -2.36. The molecule has 144 valence electrons. The monoisotopic (exact) mass is 414 g/mol. The summed E-state index contributed by atoms with van der Waals surface area (Å²) in [7, 11) is 0. The molecule has 0 aliphatic carbocycles. The van der Waals surface area contributed by atoms with Crippen LogP contribution in [0.1, 0.15) is 16.8 Å². The molecule has 3 aromatic carbocycles. The fourth-order valence-corrected chi connectivity index (χ4v) is 4.28. The summed E-state index contributed by atoms with van der Waals surface area (Å²) in [6.45, 7) is 0.735. The lowest BCUT2D eigenvalue weighted by atomic mass is 9.94. The van der Waals surface area contributed by atoms with E-state index in [9.17, 15) is 9.90 Å². The highest BCUT2D eigenvalue weighted by atomic mass is 35.5. The summed E-state index contributed by atoms with van der Waals surface area (Å²) in [5.74, 6) is -0.115. The van der Waals surface area contributed by atoms with E-state index in [4.69, 9.17) is 23.2 Å². The van der Waals surface area contributed by atoms with Gasteiger partial charge in [0.05, 0.1) is 6.61 Å². The van der Waals surface area contributed by atoms with Gasteiger partial charge in [0.2, 0.25) is 0 Å². The highest BCUT2D eigenvalue weighted by molar-refractivity contribution is 6.36. The minimum atomic E-state index is -0.115. The zero-order valence-electron chi connectivity index (χ0n) is 15.1. The van der Waals surface area contributed by atoms with Crippen molar-refractivity contribution >= 4 is 39.9 Å². The van der Waals surface area contributed by atoms with Crippen molar-refractivity contribution in [1.29, 1.82) is 0 Å². The second kappa shape index (κ2) is 8.10. The minimum absolute atomic E-state index is 0.00815. The maximum Gasteiger partial charge on any atom is 0.252 e. The summed E-state index contributed by atoms with van der Waals surface area (Å²) < 4.78 is 0. The Morgan fingerprint density at radius 2 is 1.82 bits per heavy atom. The summed E-state index contributed by atoms with van der Waals surface area (Å²) in [5.41, 5.74) is 2.45. The number of aliphatic hydroxyl groups excluding tert-OH is 1. The SMILES string of the molecule is O=C(N[C@H]1CN[C@H](CO)C1)c1ccc(-c2ccc(Cl)cc2Cl)c2ccccc12. The molecule has 1 amide bonds. The summed E-state index contributed by atoms with van der Waals surface area (Å²) >= 11 is 12.4. The highest BCUT2D eigenvalue weighted by Gasteiger charge is 2.25. The highest BCUT2D eigenvalue weighted by Crippen LogP contribution is 2.36. The lowest BCUT2D eigenvalue weighted by molar-refractivity contribution is 0.0940. The molecule has 1 aliphatic heterocycles. The molecule has 6 heteroatoms. The number of carbonyl (C=O) groups is 1. The Hall–Kier alpha value is -2.11. The van der Waals surface area contributed by atoms with E-state index in [0.29, 0.717) is 22.2 Å². The molecule has 0 aromatic heterocycles. The van der Waals surface area contributed by atoms with Crippen LogP contribution in [0.15, 0.2) is 54.6 Å². The molecule has 3 aromatic rings. The van der Waals surface area contributed by atoms with Gasteiger partial charge in [-0.15, -0.1) is 0 Å². The fraction of sp³-hybridized carbons (Fsp3) is 0.227. The van der Waals surface area contributed by atoms with E-state index in [1.807, 2.05) is 48.5 Å². The predicted molar refractivity (Wildman–Crippen MR) is 114 cm³/mol. The van der Waals surface area contributed by atoms with Crippen molar-refractivity contribution in [2.75, 3.05) is 13.2 Å². The first kappa shape index (κ1) is 19.2. The van der Waals surface area contributed by atoms with Crippen molar-refractivity contribution in [3.05, 3.63) is 70.2 Å². The van der Waals surface area contributed by atoms with Crippen molar-refractivity contribution in [3.8, 4) is 11.1 Å². The maximum atomic E-state index is 12.9. The van der Waals surface area contributed by atoms with Gasteiger partial charge in [-0.2, -0.15) is 0 Å². The Morgan fingerprint density at radius 1 is 1.07 bits per heavy atom.